The van der Waals surface area contributed by atoms with E-state index in [0.717, 1.165) is 42.4 Å². The molecule has 1 heterocycles. The summed E-state index contributed by atoms with van der Waals surface area (Å²) in [4.78, 5) is 2.83. The first kappa shape index (κ1) is 13.9. The van der Waals surface area contributed by atoms with Crippen LogP contribution in [0.3, 0.4) is 0 Å². The van der Waals surface area contributed by atoms with Crippen molar-refractivity contribution in [3.63, 3.8) is 0 Å². The molecular formula is C17H32N2. The van der Waals surface area contributed by atoms with Crippen LogP contribution in [0.25, 0.3) is 0 Å². The minimum atomic E-state index is 0.767. The fourth-order valence-corrected chi connectivity index (χ4v) is 5.40. The predicted molar refractivity (Wildman–Crippen MR) is 81.3 cm³/mol. The Morgan fingerprint density at radius 1 is 1.16 bits per heavy atom. The Bertz CT molecular complexity index is 304. The Morgan fingerprint density at radius 2 is 2.00 bits per heavy atom. The van der Waals surface area contributed by atoms with Crippen LogP contribution in [-0.4, -0.2) is 36.1 Å². The third-order valence-electron chi connectivity index (χ3n) is 6.36. The van der Waals surface area contributed by atoms with Crippen molar-refractivity contribution in [1.29, 1.82) is 0 Å². The van der Waals surface area contributed by atoms with E-state index in [2.05, 4.69) is 31.0 Å². The lowest BCUT2D eigenvalue weighted by atomic mass is 9.82. The number of nitrogens with zero attached hydrogens (tertiary/aromatic N) is 1. The van der Waals surface area contributed by atoms with Crippen LogP contribution in [0, 0.1) is 17.8 Å². The molecule has 1 N–H and O–H groups in total. The van der Waals surface area contributed by atoms with Crippen molar-refractivity contribution in [3.8, 4) is 0 Å². The van der Waals surface area contributed by atoms with Crippen molar-refractivity contribution < 1.29 is 0 Å². The molecule has 6 atom stereocenters. The normalized spacial score (nSPS) is 44.7. The van der Waals surface area contributed by atoms with Gasteiger partial charge in [-0.15, -0.1) is 0 Å². The first-order chi connectivity index (χ1) is 9.19. The number of likely N-dealkylation sites (tertiary alicyclic amines) is 1. The third-order valence-corrected chi connectivity index (χ3v) is 6.36. The van der Waals surface area contributed by atoms with Gasteiger partial charge in [-0.05, 0) is 70.3 Å². The predicted octanol–water partition coefficient (Wildman–Crippen LogP) is 3.27. The van der Waals surface area contributed by atoms with Crippen LogP contribution >= 0.6 is 0 Å². The smallest absolute Gasteiger partial charge is 0.0101 e. The first-order valence-electron chi connectivity index (χ1n) is 8.68. The Labute approximate surface area is 119 Å². The highest BCUT2D eigenvalue weighted by molar-refractivity contribution is 4.97. The monoisotopic (exact) mass is 264 g/mol. The minimum absolute atomic E-state index is 0.767. The van der Waals surface area contributed by atoms with E-state index in [0.29, 0.717) is 0 Å². The summed E-state index contributed by atoms with van der Waals surface area (Å²) in [6.45, 7) is 9.64. The van der Waals surface area contributed by atoms with E-state index in [4.69, 9.17) is 0 Å². The van der Waals surface area contributed by atoms with Gasteiger partial charge in [0.1, 0.15) is 0 Å². The molecule has 0 amide bonds. The molecular weight excluding hydrogens is 232 g/mol. The fourth-order valence-electron chi connectivity index (χ4n) is 5.40. The SMILES string of the molecule is CCNC1CCN(C(C)C2CC3CCC2C3)C(C)C1. The summed E-state index contributed by atoms with van der Waals surface area (Å²) in [5, 5.41) is 3.64. The van der Waals surface area contributed by atoms with Crippen LogP contribution in [0.15, 0.2) is 0 Å². The van der Waals surface area contributed by atoms with Crippen molar-refractivity contribution in [2.75, 3.05) is 13.1 Å². The summed E-state index contributed by atoms with van der Waals surface area (Å²) in [7, 11) is 0. The molecule has 0 aromatic carbocycles. The van der Waals surface area contributed by atoms with Crippen molar-refractivity contribution >= 4 is 0 Å². The average Bonchev–Trinajstić information content (AvgIpc) is 3.01. The van der Waals surface area contributed by atoms with E-state index in [1.165, 1.54) is 38.6 Å². The molecule has 0 aromatic rings. The maximum absolute atomic E-state index is 3.64. The standard InChI is InChI=1S/C17H32N2/c1-4-18-16-7-8-19(12(2)9-16)13(3)17-11-14-5-6-15(17)10-14/h12-18H,4-11H2,1-3H3. The number of piperidine rings is 1. The molecule has 0 aromatic heterocycles. The van der Waals surface area contributed by atoms with E-state index in [1.54, 1.807) is 6.42 Å². The zero-order chi connectivity index (χ0) is 13.4. The Balaban J connectivity index is 1.57. The van der Waals surface area contributed by atoms with Crippen molar-refractivity contribution in [2.45, 2.75) is 77.4 Å². The number of hydrogen-bond donors (Lipinski definition) is 1. The van der Waals surface area contributed by atoms with E-state index in [9.17, 15) is 0 Å². The Morgan fingerprint density at radius 3 is 2.58 bits per heavy atom. The van der Waals surface area contributed by atoms with Crippen molar-refractivity contribution in [1.82, 2.24) is 10.2 Å². The molecule has 3 aliphatic rings. The van der Waals surface area contributed by atoms with Gasteiger partial charge in [0.05, 0.1) is 0 Å². The number of fused-ring (bicyclic) bond motifs is 2. The molecule has 2 heteroatoms. The topological polar surface area (TPSA) is 15.3 Å². The zero-order valence-electron chi connectivity index (χ0n) is 13.1. The third kappa shape index (κ3) is 2.71. The van der Waals surface area contributed by atoms with Crippen molar-refractivity contribution in [3.05, 3.63) is 0 Å². The van der Waals surface area contributed by atoms with Crippen molar-refractivity contribution in [2.24, 2.45) is 17.8 Å². The summed E-state index contributed by atoms with van der Waals surface area (Å²) in [5.41, 5.74) is 0. The molecule has 1 saturated heterocycles. The number of rotatable bonds is 4. The summed E-state index contributed by atoms with van der Waals surface area (Å²) in [6.07, 6.45) is 8.85. The van der Waals surface area contributed by atoms with Crippen LogP contribution in [0.2, 0.25) is 0 Å². The molecule has 110 valence electrons. The lowest BCUT2D eigenvalue weighted by molar-refractivity contribution is 0.0492. The molecule has 0 radical (unpaired) electrons. The van der Waals surface area contributed by atoms with Gasteiger partial charge < -0.3 is 5.32 Å². The van der Waals surface area contributed by atoms with Crippen LogP contribution < -0.4 is 5.32 Å². The highest BCUT2D eigenvalue weighted by Gasteiger charge is 2.44. The second-order valence-corrected chi connectivity index (χ2v) is 7.45. The minimum Gasteiger partial charge on any atom is -0.314 e. The molecule has 3 fully saturated rings. The second-order valence-electron chi connectivity index (χ2n) is 7.45. The lowest BCUT2D eigenvalue weighted by Crippen LogP contribution is -2.53. The van der Waals surface area contributed by atoms with Gasteiger partial charge in [-0.2, -0.15) is 0 Å². The van der Waals surface area contributed by atoms with Crippen LogP contribution in [-0.2, 0) is 0 Å². The first-order valence-corrected chi connectivity index (χ1v) is 8.68. The second kappa shape index (κ2) is 5.73. The van der Waals surface area contributed by atoms with Gasteiger partial charge in [0.15, 0.2) is 0 Å². The molecule has 6 unspecified atom stereocenters. The molecule has 2 aliphatic carbocycles. The lowest BCUT2D eigenvalue weighted by Gasteiger charge is -2.45. The van der Waals surface area contributed by atoms with E-state index in [1.807, 2.05) is 0 Å². The maximum Gasteiger partial charge on any atom is 0.0101 e. The van der Waals surface area contributed by atoms with Crippen LogP contribution in [0.1, 0.15) is 59.3 Å². The molecule has 0 spiro atoms. The summed E-state index contributed by atoms with van der Waals surface area (Å²) < 4.78 is 0. The highest BCUT2D eigenvalue weighted by atomic mass is 15.2. The molecule has 2 nitrogen and oxygen atoms in total. The summed E-state index contributed by atoms with van der Waals surface area (Å²) in [6, 6.07) is 2.36. The van der Waals surface area contributed by atoms with E-state index in [-0.39, 0.29) is 0 Å². The average molecular weight is 264 g/mol. The largest absolute Gasteiger partial charge is 0.314 e. The summed E-state index contributed by atoms with van der Waals surface area (Å²) >= 11 is 0. The van der Waals surface area contributed by atoms with Gasteiger partial charge in [0, 0.05) is 24.7 Å². The van der Waals surface area contributed by atoms with E-state index >= 15 is 0 Å². The molecule has 2 saturated carbocycles. The van der Waals surface area contributed by atoms with Gasteiger partial charge in [-0.1, -0.05) is 13.3 Å². The summed E-state index contributed by atoms with van der Waals surface area (Å²) in [5.74, 6) is 3.17. The van der Waals surface area contributed by atoms with Crippen LogP contribution in [0.4, 0.5) is 0 Å². The molecule has 2 bridgehead atoms. The van der Waals surface area contributed by atoms with Gasteiger partial charge in [0.2, 0.25) is 0 Å². The van der Waals surface area contributed by atoms with Gasteiger partial charge >= 0.3 is 0 Å². The van der Waals surface area contributed by atoms with E-state index < -0.39 is 0 Å². The molecule has 19 heavy (non-hydrogen) atoms. The fraction of sp³-hybridized carbons (Fsp3) is 1.00. The maximum atomic E-state index is 3.64. The molecule has 3 rings (SSSR count). The Hall–Kier alpha value is -0.0800. The quantitative estimate of drug-likeness (QED) is 0.838. The number of nitrogens with one attached hydrogen (secondary N) is 1. The van der Waals surface area contributed by atoms with Gasteiger partial charge in [-0.3, -0.25) is 4.90 Å². The van der Waals surface area contributed by atoms with Gasteiger partial charge in [-0.25, -0.2) is 0 Å². The highest BCUT2D eigenvalue weighted by Crippen LogP contribution is 2.50. The zero-order valence-corrected chi connectivity index (χ0v) is 13.1. The molecule has 1 aliphatic heterocycles. The number of hydrogen-bond acceptors (Lipinski definition) is 2. The van der Waals surface area contributed by atoms with Gasteiger partial charge in [0.25, 0.3) is 0 Å². The van der Waals surface area contributed by atoms with Crippen LogP contribution in [0.5, 0.6) is 0 Å². The Kier molecular flexibility index (Phi) is 4.19.